The predicted octanol–water partition coefficient (Wildman–Crippen LogP) is -1.02. The van der Waals surface area contributed by atoms with E-state index in [9.17, 15) is 4.79 Å². The van der Waals surface area contributed by atoms with E-state index < -0.39 is 0 Å². The van der Waals surface area contributed by atoms with Crippen LogP contribution in [0.1, 0.15) is 21.5 Å². The first kappa shape index (κ1) is 16.0. The number of benzene rings is 1. The number of Topliss-reactive ketones (excluding diaryl/α,β-unsaturated/α-hetero) is 1. The lowest BCUT2D eigenvalue weighted by molar-refractivity contribution is -0.683. The van der Waals surface area contributed by atoms with Gasteiger partial charge in [0.05, 0.1) is 11.8 Å². The van der Waals surface area contributed by atoms with Crippen LogP contribution in [0.25, 0.3) is 0 Å². The lowest BCUT2D eigenvalue weighted by atomic mass is 10.0. The molecule has 0 atom stereocenters. The van der Waals surface area contributed by atoms with Crippen LogP contribution in [-0.4, -0.2) is 17.2 Å². The third-order valence-electron chi connectivity index (χ3n) is 2.86. The molecule has 1 aromatic carbocycles. The minimum atomic E-state index is 0. The van der Waals surface area contributed by atoms with E-state index in [4.69, 9.17) is 5.21 Å². The second kappa shape index (κ2) is 7.55. The summed E-state index contributed by atoms with van der Waals surface area (Å²) in [5, 5.41) is 11.5. The molecule has 1 N–H and O–H groups in total. The fourth-order valence-electron chi connectivity index (χ4n) is 1.92. The number of ketones is 1. The summed E-state index contributed by atoms with van der Waals surface area (Å²) in [5.41, 5.74) is 2.44. The Hall–Kier alpha value is -2.01. The second-order valence-corrected chi connectivity index (χ2v) is 4.29. The molecule has 0 aliphatic carbocycles. The molecule has 0 amide bonds. The first-order valence-electron chi connectivity index (χ1n) is 5.96. The number of pyridine rings is 1. The largest absolute Gasteiger partial charge is 1.00 e. The summed E-state index contributed by atoms with van der Waals surface area (Å²) in [4.78, 5) is 12.2. The summed E-state index contributed by atoms with van der Waals surface area (Å²) in [5.74, 6) is 0.0567. The molecule has 5 heteroatoms. The Kier molecular flexibility index (Phi) is 6.06. The second-order valence-electron chi connectivity index (χ2n) is 4.29. The van der Waals surface area contributed by atoms with Gasteiger partial charge in [-0.1, -0.05) is 29.4 Å². The van der Waals surface area contributed by atoms with Crippen molar-refractivity contribution in [2.75, 3.05) is 0 Å². The summed E-state index contributed by atoms with van der Waals surface area (Å²) in [7, 11) is 0. The fourth-order valence-corrected chi connectivity index (χ4v) is 1.92. The molecule has 2 aromatic rings. The summed E-state index contributed by atoms with van der Waals surface area (Å²) in [6, 6.07) is 11.1. The molecule has 0 saturated carbocycles. The SMILES string of the molecule is Cc1ccccc1C(=O)C[n+]1cccc(C=NO)c1.[Br-]. The van der Waals surface area contributed by atoms with E-state index in [0.29, 0.717) is 0 Å². The van der Waals surface area contributed by atoms with Crippen LogP contribution in [0.15, 0.2) is 53.9 Å². The van der Waals surface area contributed by atoms with Crippen LogP contribution < -0.4 is 21.5 Å². The smallest absolute Gasteiger partial charge is 0.227 e. The number of hydrogen-bond donors (Lipinski definition) is 1. The van der Waals surface area contributed by atoms with E-state index >= 15 is 0 Å². The van der Waals surface area contributed by atoms with E-state index in [1.807, 2.05) is 43.5 Å². The number of halogens is 1. The standard InChI is InChI=1S/C15H14N2O2.BrH/c1-12-5-2-3-7-14(12)15(18)11-17-8-4-6-13(10-17)9-16-19;/h2-10H,11H2,1H3;1H. The van der Waals surface area contributed by atoms with Gasteiger partial charge in [-0.05, 0) is 18.6 Å². The molecule has 1 aromatic heterocycles. The van der Waals surface area contributed by atoms with Gasteiger partial charge in [-0.15, -0.1) is 0 Å². The lowest BCUT2D eigenvalue weighted by Crippen LogP contribution is -3.00. The van der Waals surface area contributed by atoms with Crippen LogP contribution in [0.5, 0.6) is 0 Å². The van der Waals surface area contributed by atoms with Crippen molar-refractivity contribution in [2.24, 2.45) is 5.16 Å². The van der Waals surface area contributed by atoms with Crippen molar-refractivity contribution in [3.63, 3.8) is 0 Å². The van der Waals surface area contributed by atoms with E-state index in [1.54, 1.807) is 16.8 Å². The maximum Gasteiger partial charge on any atom is 0.227 e. The number of nitrogens with zero attached hydrogens (tertiary/aromatic N) is 2. The average molecular weight is 335 g/mol. The Morgan fingerprint density at radius 2 is 2.05 bits per heavy atom. The summed E-state index contributed by atoms with van der Waals surface area (Å²) in [6.07, 6.45) is 4.90. The molecule has 0 unspecified atom stereocenters. The molecule has 0 aliphatic heterocycles. The first-order chi connectivity index (χ1) is 9.20. The van der Waals surface area contributed by atoms with Crippen LogP contribution in [0.2, 0.25) is 0 Å². The van der Waals surface area contributed by atoms with E-state index in [-0.39, 0.29) is 29.3 Å². The topological polar surface area (TPSA) is 53.5 Å². The van der Waals surface area contributed by atoms with Crippen LogP contribution >= 0.6 is 0 Å². The Morgan fingerprint density at radius 3 is 2.75 bits per heavy atom. The average Bonchev–Trinajstić information content (AvgIpc) is 2.40. The van der Waals surface area contributed by atoms with Gasteiger partial charge in [0.15, 0.2) is 12.4 Å². The fraction of sp³-hybridized carbons (Fsp3) is 0.133. The molecule has 20 heavy (non-hydrogen) atoms. The number of rotatable bonds is 4. The van der Waals surface area contributed by atoms with Crippen molar-refractivity contribution in [1.29, 1.82) is 0 Å². The van der Waals surface area contributed by atoms with Crippen LogP contribution in [0.4, 0.5) is 0 Å². The number of aromatic nitrogens is 1. The van der Waals surface area contributed by atoms with Crippen LogP contribution in [0.3, 0.4) is 0 Å². The van der Waals surface area contributed by atoms with Gasteiger partial charge < -0.3 is 22.2 Å². The Morgan fingerprint density at radius 1 is 1.30 bits per heavy atom. The Balaban J connectivity index is 0.00000200. The van der Waals surface area contributed by atoms with Gasteiger partial charge in [0.25, 0.3) is 0 Å². The number of aryl methyl sites for hydroxylation is 1. The molecule has 0 radical (unpaired) electrons. The highest BCUT2D eigenvalue weighted by atomic mass is 79.9. The summed E-state index contributed by atoms with van der Waals surface area (Å²) >= 11 is 0. The van der Waals surface area contributed by atoms with Gasteiger partial charge in [0, 0.05) is 11.6 Å². The van der Waals surface area contributed by atoms with Gasteiger partial charge in [0.1, 0.15) is 0 Å². The van der Waals surface area contributed by atoms with Gasteiger partial charge in [-0.2, -0.15) is 4.57 Å². The van der Waals surface area contributed by atoms with Crippen molar-refractivity contribution in [1.82, 2.24) is 0 Å². The minimum Gasteiger partial charge on any atom is -1.00 e. The molecule has 0 fully saturated rings. The molecule has 0 aliphatic rings. The van der Waals surface area contributed by atoms with Crippen LogP contribution in [-0.2, 0) is 6.54 Å². The summed E-state index contributed by atoms with van der Waals surface area (Å²) < 4.78 is 1.77. The molecule has 2 rings (SSSR count). The lowest BCUT2D eigenvalue weighted by Gasteiger charge is -2.02. The van der Waals surface area contributed by atoms with Crippen molar-refractivity contribution in [3.05, 3.63) is 65.5 Å². The van der Waals surface area contributed by atoms with Crippen LogP contribution in [0, 0.1) is 6.92 Å². The minimum absolute atomic E-state index is 0. The van der Waals surface area contributed by atoms with Crippen molar-refractivity contribution < 1.29 is 31.6 Å². The Labute approximate surface area is 128 Å². The quantitative estimate of drug-likeness (QED) is 0.256. The zero-order valence-corrected chi connectivity index (χ0v) is 12.6. The normalized spacial score (nSPS) is 10.2. The number of hydrogen-bond acceptors (Lipinski definition) is 3. The molecule has 0 bridgehead atoms. The first-order valence-corrected chi connectivity index (χ1v) is 5.96. The maximum atomic E-state index is 12.2. The van der Waals surface area contributed by atoms with E-state index in [2.05, 4.69) is 5.16 Å². The number of oxime groups is 1. The molecule has 0 spiro atoms. The monoisotopic (exact) mass is 334 g/mol. The molecule has 104 valence electrons. The third-order valence-corrected chi connectivity index (χ3v) is 2.86. The van der Waals surface area contributed by atoms with Gasteiger partial charge in [-0.3, -0.25) is 4.79 Å². The highest BCUT2D eigenvalue weighted by molar-refractivity contribution is 5.96. The third kappa shape index (κ3) is 3.99. The molecule has 0 saturated heterocycles. The van der Waals surface area contributed by atoms with Crippen molar-refractivity contribution in [2.45, 2.75) is 13.5 Å². The van der Waals surface area contributed by atoms with E-state index in [0.717, 1.165) is 16.7 Å². The molecular formula is C15H15BrN2O2. The molecule has 4 nitrogen and oxygen atoms in total. The highest BCUT2D eigenvalue weighted by Gasteiger charge is 2.13. The zero-order chi connectivity index (χ0) is 13.7. The number of carbonyl (C=O) groups is 1. The van der Waals surface area contributed by atoms with Gasteiger partial charge in [-0.25, -0.2) is 0 Å². The predicted molar refractivity (Wildman–Crippen MR) is 71.5 cm³/mol. The molecular weight excluding hydrogens is 320 g/mol. The number of carbonyl (C=O) groups excluding carboxylic acids is 1. The van der Waals surface area contributed by atoms with Crippen molar-refractivity contribution in [3.8, 4) is 0 Å². The van der Waals surface area contributed by atoms with Gasteiger partial charge in [0.2, 0.25) is 12.3 Å². The maximum absolute atomic E-state index is 12.2. The Bertz CT molecular complexity index is 627. The highest BCUT2D eigenvalue weighted by Crippen LogP contribution is 2.07. The van der Waals surface area contributed by atoms with Crippen molar-refractivity contribution >= 4 is 12.0 Å². The van der Waals surface area contributed by atoms with Gasteiger partial charge >= 0.3 is 0 Å². The zero-order valence-electron chi connectivity index (χ0n) is 11.0. The molecule has 1 heterocycles. The van der Waals surface area contributed by atoms with E-state index in [1.165, 1.54) is 6.21 Å². The summed E-state index contributed by atoms with van der Waals surface area (Å²) in [6.45, 7) is 2.19.